The van der Waals surface area contributed by atoms with Crippen LogP contribution in [0.15, 0.2) is 24.3 Å². The first-order valence-electron chi connectivity index (χ1n) is 11.5. The zero-order valence-corrected chi connectivity index (χ0v) is 19.7. The van der Waals surface area contributed by atoms with Gasteiger partial charge in [-0.1, -0.05) is 44.4 Å². The summed E-state index contributed by atoms with van der Waals surface area (Å²) in [6.45, 7) is 6.38. The van der Waals surface area contributed by atoms with Crippen LogP contribution < -0.4 is 10.1 Å². The lowest BCUT2D eigenvalue weighted by Gasteiger charge is -2.45. The van der Waals surface area contributed by atoms with Crippen LogP contribution in [-0.2, 0) is 19.8 Å². The average Bonchev–Trinajstić information content (AvgIpc) is 3.34. The summed E-state index contributed by atoms with van der Waals surface area (Å²) in [5.41, 5.74) is 0.159. The lowest BCUT2D eigenvalue weighted by Crippen LogP contribution is -2.71. The topological polar surface area (TPSA) is 95.9 Å². The molecule has 174 valence electrons. The number of para-hydroxylation sites is 1. The minimum absolute atomic E-state index is 0.156. The third-order valence-electron chi connectivity index (χ3n) is 7.01. The summed E-state index contributed by atoms with van der Waals surface area (Å²) >= 11 is 1.45. The van der Waals surface area contributed by atoms with Crippen molar-refractivity contribution in [2.24, 2.45) is 0 Å². The monoisotopic (exact) mass is 460 g/mol. The molecule has 1 aromatic rings. The zero-order valence-electron chi connectivity index (χ0n) is 18.9. The molecule has 4 rings (SSSR count). The fourth-order valence-electron chi connectivity index (χ4n) is 5.34. The number of carbonyl (C=O) groups excluding carboxylic acids is 2. The number of carboxylic acids is 1. The van der Waals surface area contributed by atoms with Crippen LogP contribution in [0.4, 0.5) is 0 Å². The number of β-lactam (4-membered cyclic amide) rings is 1. The van der Waals surface area contributed by atoms with Crippen LogP contribution in [0.25, 0.3) is 0 Å². The number of carboxylic acid groups (broad SMARTS) is 1. The molecule has 2 aliphatic heterocycles. The second-order valence-corrected chi connectivity index (χ2v) is 11.3. The van der Waals surface area contributed by atoms with Gasteiger partial charge in [-0.3, -0.25) is 9.59 Å². The van der Waals surface area contributed by atoms with Crippen LogP contribution in [0.5, 0.6) is 5.75 Å². The predicted octanol–water partition coefficient (Wildman–Crippen LogP) is 3.31. The molecule has 3 atom stereocenters. The molecule has 32 heavy (non-hydrogen) atoms. The average molecular weight is 461 g/mol. The number of fused-ring (bicyclic) bond motifs is 1. The summed E-state index contributed by atoms with van der Waals surface area (Å²) in [6, 6.07) is 6.16. The number of unbranched alkanes of at least 4 members (excludes halogenated alkanes) is 1. The van der Waals surface area contributed by atoms with Gasteiger partial charge in [0.1, 0.15) is 23.2 Å². The number of aliphatic carboxylic acids is 1. The van der Waals surface area contributed by atoms with Gasteiger partial charge in [-0.05, 0) is 39.2 Å². The van der Waals surface area contributed by atoms with E-state index in [1.54, 1.807) is 0 Å². The number of thioether (sulfide) groups is 1. The molecule has 0 unspecified atom stereocenters. The minimum atomic E-state index is -1.01. The van der Waals surface area contributed by atoms with Crippen LogP contribution in [-0.4, -0.2) is 56.6 Å². The molecule has 2 amide bonds. The molecule has 1 aromatic carbocycles. The van der Waals surface area contributed by atoms with E-state index >= 15 is 0 Å². The lowest BCUT2D eigenvalue weighted by atomic mass is 9.77. The Hall–Kier alpha value is -2.22. The highest BCUT2D eigenvalue weighted by molar-refractivity contribution is 8.01. The van der Waals surface area contributed by atoms with Gasteiger partial charge in [0, 0.05) is 10.3 Å². The number of nitrogens with one attached hydrogen (secondary N) is 1. The Labute approximate surface area is 193 Å². The Kier molecular flexibility index (Phi) is 6.18. The summed E-state index contributed by atoms with van der Waals surface area (Å²) in [5.74, 6) is -0.735. The van der Waals surface area contributed by atoms with E-state index in [2.05, 4.69) is 12.2 Å². The molecule has 0 radical (unpaired) electrons. The predicted molar refractivity (Wildman–Crippen MR) is 123 cm³/mol. The van der Waals surface area contributed by atoms with E-state index in [0.717, 1.165) is 37.0 Å². The third kappa shape index (κ3) is 3.66. The van der Waals surface area contributed by atoms with Crippen LogP contribution in [0, 0.1) is 0 Å². The molecule has 1 aliphatic carbocycles. The molecule has 0 aromatic heterocycles. The van der Waals surface area contributed by atoms with E-state index in [9.17, 15) is 19.5 Å². The lowest BCUT2D eigenvalue weighted by molar-refractivity contribution is -0.161. The van der Waals surface area contributed by atoms with Gasteiger partial charge < -0.3 is 20.1 Å². The number of hydrogen-bond acceptors (Lipinski definition) is 5. The van der Waals surface area contributed by atoms with E-state index in [1.807, 2.05) is 38.1 Å². The number of amides is 2. The van der Waals surface area contributed by atoms with Gasteiger partial charge in [0.15, 0.2) is 0 Å². The van der Waals surface area contributed by atoms with Gasteiger partial charge in [0.2, 0.25) is 11.8 Å². The summed E-state index contributed by atoms with van der Waals surface area (Å²) in [5, 5.41) is 12.3. The van der Waals surface area contributed by atoms with Crippen LogP contribution in [0.1, 0.15) is 64.9 Å². The van der Waals surface area contributed by atoms with Crippen molar-refractivity contribution in [3.05, 3.63) is 29.8 Å². The molecule has 3 aliphatic rings. The number of rotatable bonds is 8. The molecule has 1 saturated carbocycles. The van der Waals surface area contributed by atoms with Gasteiger partial charge in [-0.15, -0.1) is 11.8 Å². The van der Waals surface area contributed by atoms with Gasteiger partial charge in [-0.2, -0.15) is 0 Å². The molecule has 8 heteroatoms. The first kappa shape index (κ1) is 23.0. The Balaban J connectivity index is 1.56. The largest absolute Gasteiger partial charge is 0.493 e. The van der Waals surface area contributed by atoms with E-state index in [1.165, 1.54) is 16.7 Å². The van der Waals surface area contributed by atoms with Crippen molar-refractivity contribution in [1.29, 1.82) is 0 Å². The van der Waals surface area contributed by atoms with Crippen molar-refractivity contribution in [2.75, 3.05) is 6.61 Å². The van der Waals surface area contributed by atoms with Crippen LogP contribution >= 0.6 is 11.8 Å². The molecule has 2 saturated heterocycles. The maximum absolute atomic E-state index is 13.7. The van der Waals surface area contributed by atoms with Gasteiger partial charge in [0.25, 0.3) is 0 Å². The first-order chi connectivity index (χ1) is 15.2. The summed E-state index contributed by atoms with van der Waals surface area (Å²) in [7, 11) is 0. The number of benzene rings is 1. The van der Waals surface area contributed by atoms with Crippen molar-refractivity contribution in [2.45, 2.75) is 86.9 Å². The number of ether oxygens (including phenoxy) is 1. The fourth-order valence-corrected chi connectivity index (χ4v) is 6.96. The quantitative estimate of drug-likeness (QED) is 0.456. The fraction of sp³-hybridized carbons (Fsp3) is 0.625. The molecule has 7 nitrogen and oxygen atoms in total. The smallest absolute Gasteiger partial charge is 0.327 e. The SMILES string of the molecule is CCCCOc1ccccc1C1(C(=O)N[C@@H]2C(=O)N3[C@@H]2SC(C)(C)[C@@H]3C(=O)O)CCCC1. The Bertz CT molecular complexity index is 911. The van der Waals surface area contributed by atoms with E-state index in [-0.39, 0.29) is 17.2 Å². The van der Waals surface area contributed by atoms with Gasteiger partial charge in [0.05, 0.1) is 12.0 Å². The van der Waals surface area contributed by atoms with Crippen molar-refractivity contribution in [3.63, 3.8) is 0 Å². The standard InChI is InChI=1S/C24H32N2O5S/c1-4-5-14-31-16-11-7-6-10-15(16)24(12-8-9-13-24)22(30)25-17-19(27)26-18(21(28)29)23(2,3)32-20(17)26/h6-7,10-11,17-18,20H,4-5,8-9,12-14H2,1-3H3,(H,25,30)(H,28,29)/t17-,18+,20-/m1/s1. The molecule has 0 spiro atoms. The molecule has 2 N–H and O–H groups in total. The van der Waals surface area contributed by atoms with E-state index in [0.29, 0.717) is 19.4 Å². The molecular formula is C24H32N2O5S. The molecule has 2 heterocycles. The van der Waals surface area contributed by atoms with Crippen molar-refractivity contribution < 1.29 is 24.2 Å². The Morgan fingerprint density at radius 1 is 1.25 bits per heavy atom. The number of nitrogens with zero attached hydrogens (tertiary/aromatic N) is 1. The van der Waals surface area contributed by atoms with Crippen LogP contribution in [0.2, 0.25) is 0 Å². The Morgan fingerprint density at radius 3 is 2.59 bits per heavy atom. The summed E-state index contributed by atoms with van der Waals surface area (Å²) in [6.07, 6.45) is 5.26. The summed E-state index contributed by atoms with van der Waals surface area (Å²) in [4.78, 5) is 39.8. The third-order valence-corrected chi connectivity index (χ3v) is 8.58. The zero-order chi connectivity index (χ0) is 23.1. The number of carbonyl (C=O) groups is 3. The van der Waals surface area contributed by atoms with Crippen molar-refractivity contribution in [1.82, 2.24) is 10.2 Å². The second-order valence-electron chi connectivity index (χ2n) is 9.54. The highest BCUT2D eigenvalue weighted by Crippen LogP contribution is 2.51. The molecule has 3 fully saturated rings. The van der Waals surface area contributed by atoms with Crippen LogP contribution in [0.3, 0.4) is 0 Å². The van der Waals surface area contributed by atoms with E-state index in [4.69, 9.17) is 4.74 Å². The van der Waals surface area contributed by atoms with Crippen molar-refractivity contribution in [3.8, 4) is 5.75 Å². The maximum atomic E-state index is 13.7. The summed E-state index contributed by atoms with van der Waals surface area (Å²) < 4.78 is 5.43. The molecular weight excluding hydrogens is 428 g/mol. The molecule has 0 bridgehead atoms. The Morgan fingerprint density at radius 2 is 1.94 bits per heavy atom. The van der Waals surface area contributed by atoms with Crippen molar-refractivity contribution >= 4 is 29.5 Å². The second kappa shape index (κ2) is 8.61. The highest BCUT2D eigenvalue weighted by atomic mass is 32.2. The highest BCUT2D eigenvalue weighted by Gasteiger charge is 2.64. The normalized spacial score (nSPS) is 27.5. The maximum Gasteiger partial charge on any atom is 0.327 e. The first-order valence-corrected chi connectivity index (χ1v) is 12.4. The number of hydrogen-bond donors (Lipinski definition) is 2. The van der Waals surface area contributed by atoms with Gasteiger partial charge in [-0.25, -0.2) is 4.79 Å². The minimum Gasteiger partial charge on any atom is -0.493 e. The van der Waals surface area contributed by atoms with E-state index < -0.39 is 28.2 Å². The van der Waals surface area contributed by atoms with Gasteiger partial charge >= 0.3 is 5.97 Å².